The number of rotatable bonds is 7. The van der Waals surface area contributed by atoms with Gasteiger partial charge in [0.05, 0.1) is 21.4 Å². The zero-order valence-corrected chi connectivity index (χ0v) is 19.8. The first-order valence-electron chi connectivity index (χ1n) is 9.51. The Labute approximate surface area is 198 Å². The monoisotopic (exact) mass is 493 g/mol. The van der Waals surface area contributed by atoms with Gasteiger partial charge in [0.1, 0.15) is 0 Å². The summed E-state index contributed by atoms with van der Waals surface area (Å²) in [6.07, 6.45) is 0. The average Bonchev–Trinajstić information content (AvgIpc) is 3.34. The van der Waals surface area contributed by atoms with Crippen molar-refractivity contribution in [1.82, 2.24) is 25.0 Å². The number of aromatic nitrogens is 5. The van der Waals surface area contributed by atoms with Crippen LogP contribution in [0.5, 0.6) is 0 Å². The Bertz CT molecular complexity index is 1210. The summed E-state index contributed by atoms with van der Waals surface area (Å²) in [6.45, 7) is 5.00. The smallest absolute Gasteiger partial charge is 0.249 e. The Hall–Kier alpha value is -2.06. The molecule has 2 aromatic carbocycles. The van der Waals surface area contributed by atoms with Gasteiger partial charge in [-0.25, -0.2) is 0 Å². The normalized spacial score (nSPS) is 11.4. The minimum absolute atomic E-state index is 0.385. The molecule has 0 spiro atoms. The van der Waals surface area contributed by atoms with Gasteiger partial charge in [0.25, 0.3) is 0 Å². The van der Waals surface area contributed by atoms with Crippen LogP contribution in [-0.2, 0) is 12.3 Å². The van der Waals surface area contributed by atoms with Crippen molar-refractivity contribution in [3.8, 4) is 22.8 Å². The highest BCUT2D eigenvalue weighted by Gasteiger charge is 2.19. The first-order valence-corrected chi connectivity index (χ1v) is 11.6. The standard InChI is InChI=1S/C21H18Cl3N5OS/c1-12(2)10-29-19(14-8-7-13(22)9-17(14)24)26-28-21(29)31-11-18-25-27-20(30-18)15-5-3-4-6-16(15)23/h3-9,12H,10-11H2,1-2H3. The second kappa shape index (κ2) is 9.61. The van der Waals surface area contributed by atoms with Crippen LogP contribution in [0.25, 0.3) is 22.8 Å². The van der Waals surface area contributed by atoms with Gasteiger partial charge < -0.3 is 8.98 Å². The lowest BCUT2D eigenvalue weighted by Crippen LogP contribution is -2.08. The van der Waals surface area contributed by atoms with E-state index >= 15 is 0 Å². The highest BCUT2D eigenvalue weighted by atomic mass is 35.5. The third-order valence-corrected chi connectivity index (χ3v) is 6.16. The summed E-state index contributed by atoms with van der Waals surface area (Å²) < 4.78 is 7.85. The zero-order valence-electron chi connectivity index (χ0n) is 16.7. The Kier molecular flexibility index (Phi) is 6.86. The Morgan fingerprint density at radius 3 is 2.48 bits per heavy atom. The second-order valence-electron chi connectivity index (χ2n) is 7.20. The van der Waals surface area contributed by atoms with E-state index in [0.717, 1.165) is 17.3 Å². The first-order chi connectivity index (χ1) is 14.9. The van der Waals surface area contributed by atoms with Crippen molar-refractivity contribution in [3.63, 3.8) is 0 Å². The van der Waals surface area contributed by atoms with E-state index in [-0.39, 0.29) is 0 Å². The molecule has 2 heterocycles. The van der Waals surface area contributed by atoms with Crippen LogP contribution in [0.2, 0.25) is 15.1 Å². The average molecular weight is 495 g/mol. The van der Waals surface area contributed by atoms with Crippen LogP contribution in [0.1, 0.15) is 19.7 Å². The molecule has 31 heavy (non-hydrogen) atoms. The molecule has 0 radical (unpaired) electrons. The van der Waals surface area contributed by atoms with Crippen molar-refractivity contribution >= 4 is 46.6 Å². The zero-order chi connectivity index (χ0) is 22.0. The molecule has 0 atom stereocenters. The van der Waals surface area contributed by atoms with Gasteiger partial charge in [-0.15, -0.1) is 20.4 Å². The maximum Gasteiger partial charge on any atom is 0.249 e. The van der Waals surface area contributed by atoms with Crippen molar-refractivity contribution in [3.05, 3.63) is 63.4 Å². The molecule has 0 aliphatic carbocycles. The second-order valence-corrected chi connectivity index (χ2v) is 9.40. The Morgan fingerprint density at radius 1 is 0.935 bits per heavy atom. The Morgan fingerprint density at radius 2 is 1.74 bits per heavy atom. The maximum atomic E-state index is 6.41. The molecule has 0 amide bonds. The lowest BCUT2D eigenvalue weighted by Gasteiger charge is -2.13. The minimum Gasteiger partial charge on any atom is -0.420 e. The number of hydrogen-bond donors (Lipinski definition) is 0. The number of benzene rings is 2. The van der Waals surface area contributed by atoms with Crippen LogP contribution in [0, 0.1) is 5.92 Å². The van der Waals surface area contributed by atoms with E-state index < -0.39 is 0 Å². The lowest BCUT2D eigenvalue weighted by molar-refractivity contribution is 0.497. The van der Waals surface area contributed by atoms with Crippen molar-refractivity contribution in [2.24, 2.45) is 5.92 Å². The molecule has 0 N–H and O–H groups in total. The number of hydrogen-bond acceptors (Lipinski definition) is 6. The van der Waals surface area contributed by atoms with Gasteiger partial charge in [-0.05, 0) is 36.2 Å². The molecule has 0 fully saturated rings. The van der Waals surface area contributed by atoms with Gasteiger partial charge in [0.15, 0.2) is 11.0 Å². The van der Waals surface area contributed by atoms with E-state index in [4.69, 9.17) is 39.2 Å². The molecule has 4 rings (SSSR count). The number of nitrogens with zero attached hydrogens (tertiary/aromatic N) is 5. The van der Waals surface area contributed by atoms with Crippen LogP contribution in [0.3, 0.4) is 0 Å². The summed E-state index contributed by atoms with van der Waals surface area (Å²) in [4.78, 5) is 0. The SMILES string of the molecule is CC(C)Cn1c(SCc2nnc(-c3ccccc3Cl)o2)nnc1-c1ccc(Cl)cc1Cl. The fourth-order valence-corrected chi connectivity index (χ4v) is 4.47. The van der Waals surface area contributed by atoms with E-state index in [9.17, 15) is 0 Å². The van der Waals surface area contributed by atoms with Gasteiger partial charge in [0.2, 0.25) is 11.8 Å². The van der Waals surface area contributed by atoms with E-state index in [2.05, 4.69) is 38.8 Å². The molecule has 4 aromatic rings. The summed E-state index contributed by atoms with van der Waals surface area (Å²) in [5.41, 5.74) is 1.49. The summed E-state index contributed by atoms with van der Waals surface area (Å²) in [5, 5.41) is 19.4. The lowest BCUT2D eigenvalue weighted by atomic mass is 10.2. The largest absolute Gasteiger partial charge is 0.420 e. The minimum atomic E-state index is 0.385. The van der Waals surface area contributed by atoms with Gasteiger partial charge in [-0.2, -0.15) is 0 Å². The summed E-state index contributed by atoms with van der Waals surface area (Å²) in [6, 6.07) is 12.7. The van der Waals surface area contributed by atoms with E-state index in [1.165, 1.54) is 11.8 Å². The molecular weight excluding hydrogens is 477 g/mol. The number of thioether (sulfide) groups is 1. The highest BCUT2D eigenvalue weighted by Crippen LogP contribution is 2.33. The van der Waals surface area contributed by atoms with Crippen LogP contribution in [0.4, 0.5) is 0 Å². The Balaban J connectivity index is 1.58. The predicted molar refractivity (Wildman–Crippen MR) is 125 cm³/mol. The van der Waals surface area contributed by atoms with E-state index in [0.29, 0.717) is 49.9 Å². The molecule has 160 valence electrons. The molecule has 6 nitrogen and oxygen atoms in total. The van der Waals surface area contributed by atoms with Gasteiger partial charge >= 0.3 is 0 Å². The van der Waals surface area contributed by atoms with E-state index in [1.807, 2.05) is 24.3 Å². The predicted octanol–water partition coefficient (Wildman–Crippen LogP) is 6.90. The molecule has 0 aliphatic rings. The summed E-state index contributed by atoms with van der Waals surface area (Å²) >= 11 is 20.1. The molecular formula is C21H18Cl3N5OS. The topological polar surface area (TPSA) is 69.6 Å². The van der Waals surface area contributed by atoms with Crippen molar-refractivity contribution in [2.45, 2.75) is 31.3 Å². The van der Waals surface area contributed by atoms with Gasteiger partial charge in [0, 0.05) is 17.1 Å². The van der Waals surface area contributed by atoms with Crippen LogP contribution >= 0.6 is 46.6 Å². The molecule has 0 bridgehead atoms. The third-order valence-electron chi connectivity index (χ3n) is 4.33. The third kappa shape index (κ3) is 5.06. The van der Waals surface area contributed by atoms with Gasteiger partial charge in [-0.3, -0.25) is 0 Å². The first kappa shape index (κ1) is 22.1. The van der Waals surface area contributed by atoms with Crippen molar-refractivity contribution < 1.29 is 4.42 Å². The van der Waals surface area contributed by atoms with Crippen molar-refractivity contribution in [1.29, 1.82) is 0 Å². The molecule has 0 saturated heterocycles. The van der Waals surface area contributed by atoms with Crippen LogP contribution in [-0.4, -0.2) is 25.0 Å². The molecule has 0 saturated carbocycles. The maximum absolute atomic E-state index is 6.41. The summed E-state index contributed by atoms with van der Waals surface area (Å²) in [7, 11) is 0. The molecule has 2 aromatic heterocycles. The highest BCUT2D eigenvalue weighted by molar-refractivity contribution is 7.98. The van der Waals surface area contributed by atoms with Crippen LogP contribution in [0.15, 0.2) is 52.0 Å². The van der Waals surface area contributed by atoms with Crippen molar-refractivity contribution in [2.75, 3.05) is 0 Å². The van der Waals surface area contributed by atoms with Gasteiger partial charge in [-0.1, -0.05) is 72.5 Å². The number of halogens is 3. The molecule has 0 unspecified atom stereocenters. The van der Waals surface area contributed by atoms with Crippen LogP contribution < -0.4 is 0 Å². The molecule has 10 heteroatoms. The quantitative estimate of drug-likeness (QED) is 0.260. The van der Waals surface area contributed by atoms with E-state index in [1.54, 1.807) is 18.2 Å². The fraction of sp³-hybridized carbons (Fsp3) is 0.238. The summed E-state index contributed by atoms with van der Waals surface area (Å²) in [5.74, 6) is 2.39. The molecule has 0 aliphatic heterocycles. The fourth-order valence-electron chi connectivity index (χ4n) is 2.98.